The number of carbonyl (C=O) groups excluding carboxylic acids is 1. The third-order valence-corrected chi connectivity index (χ3v) is 5.25. The standard InChI is InChI=1S/C12H15F2N3O3S/c1-8(18)16-2-4-17(5-3-16)21(19,20)12-10(13)6-9(15)7-11(12)14/h6-7H,2-5,15H2,1H3. The third kappa shape index (κ3) is 2.98. The number of nitrogens with zero attached hydrogens (tertiary/aromatic N) is 2. The molecule has 0 unspecified atom stereocenters. The Kier molecular flexibility index (Phi) is 4.15. The molecular weight excluding hydrogens is 304 g/mol. The number of anilines is 1. The van der Waals surface area contributed by atoms with E-state index < -0.39 is 26.6 Å². The van der Waals surface area contributed by atoms with Gasteiger partial charge in [0.05, 0.1) is 0 Å². The minimum Gasteiger partial charge on any atom is -0.399 e. The summed E-state index contributed by atoms with van der Waals surface area (Å²) in [5.41, 5.74) is 5.08. The van der Waals surface area contributed by atoms with E-state index in [4.69, 9.17) is 5.73 Å². The van der Waals surface area contributed by atoms with Crippen molar-refractivity contribution >= 4 is 21.6 Å². The fraction of sp³-hybridized carbons (Fsp3) is 0.417. The molecular formula is C12H15F2N3O3S. The van der Waals surface area contributed by atoms with Gasteiger partial charge >= 0.3 is 0 Å². The molecule has 9 heteroatoms. The van der Waals surface area contributed by atoms with Crippen molar-refractivity contribution in [2.75, 3.05) is 31.9 Å². The highest BCUT2D eigenvalue weighted by Gasteiger charge is 2.33. The molecule has 0 radical (unpaired) electrons. The lowest BCUT2D eigenvalue weighted by molar-refractivity contribution is -0.129. The summed E-state index contributed by atoms with van der Waals surface area (Å²) in [6.45, 7) is 1.74. The van der Waals surface area contributed by atoms with Crippen LogP contribution in [0, 0.1) is 11.6 Å². The molecule has 0 atom stereocenters. The topological polar surface area (TPSA) is 83.7 Å². The first-order chi connectivity index (χ1) is 9.73. The summed E-state index contributed by atoms with van der Waals surface area (Å²) in [4.78, 5) is 11.7. The highest BCUT2D eigenvalue weighted by molar-refractivity contribution is 7.89. The Labute approximate surface area is 121 Å². The smallest absolute Gasteiger partial charge is 0.249 e. The molecule has 1 heterocycles. The van der Waals surface area contributed by atoms with Gasteiger partial charge in [-0.15, -0.1) is 0 Å². The lowest BCUT2D eigenvalue weighted by atomic mass is 10.3. The van der Waals surface area contributed by atoms with E-state index in [1.165, 1.54) is 11.8 Å². The van der Waals surface area contributed by atoms with Crippen molar-refractivity contribution in [3.05, 3.63) is 23.8 Å². The van der Waals surface area contributed by atoms with Crippen molar-refractivity contribution < 1.29 is 22.0 Å². The van der Waals surface area contributed by atoms with E-state index in [0.29, 0.717) is 0 Å². The zero-order valence-corrected chi connectivity index (χ0v) is 12.2. The van der Waals surface area contributed by atoms with Crippen LogP contribution in [0.15, 0.2) is 17.0 Å². The lowest BCUT2D eigenvalue weighted by Gasteiger charge is -2.33. The minimum absolute atomic E-state index is 0.00876. The molecule has 0 aromatic heterocycles. The summed E-state index contributed by atoms with van der Waals surface area (Å²) in [6.07, 6.45) is 0. The van der Waals surface area contributed by atoms with Crippen molar-refractivity contribution in [3.63, 3.8) is 0 Å². The molecule has 21 heavy (non-hydrogen) atoms. The maximum Gasteiger partial charge on any atom is 0.249 e. The Hall–Kier alpha value is -1.74. The van der Waals surface area contributed by atoms with Crippen LogP contribution in [0.5, 0.6) is 0 Å². The van der Waals surface area contributed by atoms with Gasteiger partial charge in [0.1, 0.15) is 11.6 Å². The van der Waals surface area contributed by atoms with Crippen molar-refractivity contribution in [1.82, 2.24) is 9.21 Å². The van der Waals surface area contributed by atoms with E-state index in [9.17, 15) is 22.0 Å². The van der Waals surface area contributed by atoms with Gasteiger partial charge in [-0.3, -0.25) is 4.79 Å². The second kappa shape index (κ2) is 5.57. The van der Waals surface area contributed by atoms with Crippen LogP contribution in [-0.2, 0) is 14.8 Å². The fourth-order valence-electron chi connectivity index (χ4n) is 2.20. The van der Waals surface area contributed by atoms with Gasteiger partial charge in [-0.25, -0.2) is 17.2 Å². The second-order valence-corrected chi connectivity index (χ2v) is 6.60. The summed E-state index contributed by atoms with van der Waals surface area (Å²) in [6, 6.07) is 1.53. The zero-order valence-electron chi connectivity index (χ0n) is 11.3. The number of benzene rings is 1. The van der Waals surface area contributed by atoms with E-state index >= 15 is 0 Å². The Balaban J connectivity index is 2.30. The first-order valence-corrected chi connectivity index (χ1v) is 7.67. The summed E-state index contributed by atoms with van der Waals surface area (Å²) < 4.78 is 53.2. The first-order valence-electron chi connectivity index (χ1n) is 6.23. The molecule has 1 fully saturated rings. The van der Waals surface area contributed by atoms with Crippen LogP contribution in [0.3, 0.4) is 0 Å². The van der Waals surface area contributed by atoms with Crippen LogP contribution in [-0.4, -0.2) is 49.7 Å². The molecule has 1 aliphatic heterocycles. The average Bonchev–Trinajstić information content (AvgIpc) is 2.37. The molecule has 0 saturated carbocycles. The quantitative estimate of drug-likeness (QED) is 0.800. The molecule has 0 bridgehead atoms. The van der Waals surface area contributed by atoms with E-state index in [-0.39, 0.29) is 37.8 Å². The second-order valence-electron chi connectivity index (χ2n) is 4.72. The van der Waals surface area contributed by atoms with Gasteiger partial charge in [0.25, 0.3) is 0 Å². The molecule has 2 N–H and O–H groups in total. The van der Waals surface area contributed by atoms with E-state index in [2.05, 4.69) is 0 Å². The van der Waals surface area contributed by atoms with Gasteiger partial charge < -0.3 is 10.6 Å². The van der Waals surface area contributed by atoms with Crippen LogP contribution in [0.2, 0.25) is 0 Å². The van der Waals surface area contributed by atoms with Crippen LogP contribution in [0.1, 0.15) is 6.92 Å². The molecule has 1 aromatic carbocycles. The van der Waals surface area contributed by atoms with Crippen LogP contribution in [0.25, 0.3) is 0 Å². The van der Waals surface area contributed by atoms with Crippen LogP contribution >= 0.6 is 0 Å². The Bertz CT molecular complexity index is 647. The monoisotopic (exact) mass is 319 g/mol. The number of amides is 1. The number of rotatable bonds is 2. The summed E-state index contributed by atoms with van der Waals surface area (Å²) in [5.74, 6) is -2.61. The molecule has 1 aliphatic rings. The van der Waals surface area contributed by atoms with Gasteiger partial charge in [0.15, 0.2) is 4.90 Å². The Morgan fingerprint density at radius 3 is 2.05 bits per heavy atom. The zero-order chi connectivity index (χ0) is 15.8. The number of nitrogen functional groups attached to an aromatic ring is 1. The number of sulfonamides is 1. The Morgan fingerprint density at radius 2 is 1.62 bits per heavy atom. The molecule has 0 spiro atoms. The average molecular weight is 319 g/mol. The van der Waals surface area contributed by atoms with Crippen molar-refractivity contribution in [2.45, 2.75) is 11.8 Å². The highest BCUT2D eigenvalue weighted by atomic mass is 32.2. The van der Waals surface area contributed by atoms with Crippen LogP contribution in [0.4, 0.5) is 14.5 Å². The fourth-order valence-corrected chi connectivity index (χ4v) is 3.71. The van der Waals surface area contributed by atoms with Gasteiger partial charge in [-0.05, 0) is 12.1 Å². The maximum absolute atomic E-state index is 13.8. The van der Waals surface area contributed by atoms with Crippen molar-refractivity contribution in [2.24, 2.45) is 0 Å². The molecule has 1 saturated heterocycles. The predicted octanol–water partition coefficient (Wildman–Crippen LogP) is 0.400. The molecule has 116 valence electrons. The normalized spacial score (nSPS) is 17.0. The molecule has 1 aromatic rings. The number of halogens is 2. The molecule has 1 amide bonds. The number of piperazine rings is 1. The van der Waals surface area contributed by atoms with E-state index in [1.807, 2.05) is 0 Å². The maximum atomic E-state index is 13.8. The number of carbonyl (C=O) groups is 1. The van der Waals surface area contributed by atoms with E-state index in [0.717, 1.165) is 16.4 Å². The third-order valence-electron chi connectivity index (χ3n) is 3.30. The molecule has 6 nitrogen and oxygen atoms in total. The number of hydrogen-bond donors (Lipinski definition) is 1. The highest BCUT2D eigenvalue weighted by Crippen LogP contribution is 2.25. The first kappa shape index (κ1) is 15.6. The van der Waals surface area contributed by atoms with Gasteiger partial charge in [0.2, 0.25) is 15.9 Å². The van der Waals surface area contributed by atoms with E-state index in [1.54, 1.807) is 0 Å². The van der Waals surface area contributed by atoms with Crippen molar-refractivity contribution in [1.29, 1.82) is 0 Å². The largest absolute Gasteiger partial charge is 0.399 e. The minimum atomic E-state index is -4.30. The lowest BCUT2D eigenvalue weighted by Crippen LogP contribution is -2.50. The summed E-state index contributed by atoms with van der Waals surface area (Å²) >= 11 is 0. The molecule has 0 aliphatic carbocycles. The van der Waals surface area contributed by atoms with Crippen LogP contribution < -0.4 is 5.73 Å². The van der Waals surface area contributed by atoms with Gasteiger partial charge in [0, 0.05) is 38.8 Å². The number of nitrogens with two attached hydrogens (primary N) is 1. The Morgan fingerprint density at radius 1 is 1.14 bits per heavy atom. The summed E-state index contributed by atoms with van der Waals surface area (Å²) in [5, 5.41) is 0. The number of hydrogen-bond acceptors (Lipinski definition) is 4. The van der Waals surface area contributed by atoms with Crippen molar-refractivity contribution in [3.8, 4) is 0 Å². The molecule has 2 rings (SSSR count). The van der Waals surface area contributed by atoms with Gasteiger partial charge in [-0.2, -0.15) is 4.31 Å². The summed E-state index contributed by atoms with van der Waals surface area (Å²) in [7, 11) is -4.30. The predicted molar refractivity (Wildman–Crippen MR) is 71.8 cm³/mol. The SMILES string of the molecule is CC(=O)N1CCN(S(=O)(=O)c2c(F)cc(N)cc2F)CC1. The van der Waals surface area contributed by atoms with Gasteiger partial charge in [-0.1, -0.05) is 0 Å².